The molecule has 0 heterocycles. The highest BCUT2D eigenvalue weighted by Crippen LogP contribution is 2.38. The average Bonchev–Trinajstić information content (AvgIpc) is 2.56. The van der Waals surface area contributed by atoms with Crippen LogP contribution in [0, 0.1) is 10.1 Å². The Morgan fingerprint density at radius 1 is 1.36 bits per heavy atom. The van der Waals surface area contributed by atoms with Crippen molar-refractivity contribution in [3.8, 4) is 0 Å². The zero-order valence-electron chi connectivity index (χ0n) is 12.9. The van der Waals surface area contributed by atoms with Crippen molar-refractivity contribution >= 4 is 62.0 Å². The van der Waals surface area contributed by atoms with Gasteiger partial charge in [0.05, 0.1) is 20.6 Å². The number of nitro groups is 1. The Morgan fingerprint density at radius 3 is 2.52 bits per heavy atom. The first kappa shape index (κ1) is 19.8. The van der Waals surface area contributed by atoms with E-state index in [1.165, 1.54) is 19.9 Å². The molecule has 0 bridgehead atoms. The van der Waals surface area contributed by atoms with Crippen LogP contribution in [0.25, 0.3) is 0 Å². The Labute approximate surface area is 158 Å². The van der Waals surface area contributed by atoms with Crippen LogP contribution < -0.4 is 0 Å². The number of sulfonamides is 1. The molecule has 0 fully saturated rings. The molecule has 0 aromatic heterocycles. The molecule has 0 aliphatic heterocycles. The van der Waals surface area contributed by atoms with Crippen molar-refractivity contribution in [3.05, 3.63) is 45.0 Å². The van der Waals surface area contributed by atoms with Crippen LogP contribution in [0.1, 0.15) is 13.8 Å². The molecule has 1 aromatic rings. The van der Waals surface area contributed by atoms with Gasteiger partial charge in [-0.15, -0.1) is 23.2 Å². The molecule has 0 N–H and O–H groups in total. The van der Waals surface area contributed by atoms with Crippen molar-refractivity contribution < 1.29 is 18.1 Å². The summed E-state index contributed by atoms with van der Waals surface area (Å²) in [5, 5.41) is 9.30. The van der Waals surface area contributed by atoms with Gasteiger partial charge in [-0.05, 0) is 25.5 Å². The molecule has 25 heavy (non-hydrogen) atoms. The zero-order chi connectivity index (χ0) is 19.2. The molecule has 2 rings (SSSR count). The number of nitrogens with zero attached hydrogens (tertiary/aromatic N) is 2. The first-order valence-corrected chi connectivity index (χ1v) is 9.36. The molecule has 1 aliphatic carbocycles. The van der Waals surface area contributed by atoms with Gasteiger partial charge in [0, 0.05) is 12.1 Å². The molecular formula is C14H11Cl3N2O5S. The molecule has 134 valence electrons. The highest BCUT2D eigenvalue weighted by Gasteiger charge is 2.48. The minimum atomic E-state index is -4.34. The number of benzene rings is 1. The van der Waals surface area contributed by atoms with E-state index < -0.39 is 41.6 Å². The molecule has 0 amide bonds. The second-order valence-electron chi connectivity index (χ2n) is 5.41. The fraction of sp³-hybridized carbons (Fsp3) is 0.286. The lowest BCUT2D eigenvalue weighted by atomic mass is 9.87. The van der Waals surface area contributed by atoms with Crippen LogP contribution in [0.3, 0.4) is 0 Å². The largest absolute Gasteiger partial charge is 0.291 e. The predicted octanol–water partition coefficient (Wildman–Crippen LogP) is 3.42. The number of halogens is 3. The fourth-order valence-electron chi connectivity index (χ4n) is 2.11. The molecule has 7 nitrogen and oxygen atoms in total. The normalized spacial score (nSPS) is 26.2. The van der Waals surface area contributed by atoms with Crippen LogP contribution in [0.15, 0.2) is 44.2 Å². The summed E-state index contributed by atoms with van der Waals surface area (Å²) >= 11 is 18.2. The van der Waals surface area contributed by atoms with Gasteiger partial charge in [0.25, 0.3) is 15.7 Å². The summed E-state index contributed by atoms with van der Waals surface area (Å²) in [6, 6.07) is 4.39. The van der Waals surface area contributed by atoms with Gasteiger partial charge in [-0.25, -0.2) is 0 Å². The van der Waals surface area contributed by atoms with Crippen LogP contribution in [0.2, 0.25) is 0 Å². The summed E-state index contributed by atoms with van der Waals surface area (Å²) in [4.78, 5) is 20.1. The zero-order valence-corrected chi connectivity index (χ0v) is 15.9. The molecular weight excluding hydrogens is 415 g/mol. The number of carbonyl (C=O) groups is 1. The third kappa shape index (κ3) is 3.57. The number of ketones is 1. The van der Waals surface area contributed by atoms with Crippen LogP contribution >= 0.6 is 34.8 Å². The van der Waals surface area contributed by atoms with Crippen LogP contribution in [0.4, 0.5) is 5.69 Å². The fourth-order valence-corrected chi connectivity index (χ4v) is 4.15. The van der Waals surface area contributed by atoms with Crippen molar-refractivity contribution in [2.24, 2.45) is 4.40 Å². The first-order chi connectivity index (χ1) is 11.4. The van der Waals surface area contributed by atoms with E-state index in [0.29, 0.717) is 0 Å². The third-order valence-electron chi connectivity index (χ3n) is 3.62. The lowest BCUT2D eigenvalue weighted by molar-refractivity contribution is -0.385. The predicted molar refractivity (Wildman–Crippen MR) is 95.2 cm³/mol. The van der Waals surface area contributed by atoms with E-state index >= 15 is 0 Å². The lowest BCUT2D eigenvalue weighted by Gasteiger charge is -2.32. The Kier molecular flexibility index (Phi) is 5.30. The average molecular weight is 426 g/mol. The van der Waals surface area contributed by atoms with Crippen molar-refractivity contribution in [3.63, 3.8) is 0 Å². The van der Waals surface area contributed by atoms with E-state index in [1.807, 2.05) is 0 Å². The Hall–Kier alpha value is -1.48. The van der Waals surface area contributed by atoms with Crippen molar-refractivity contribution in [2.75, 3.05) is 0 Å². The highest BCUT2D eigenvalue weighted by molar-refractivity contribution is 7.90. The summed E-state index contributed by atoms with van der Waals surface area (Å²) in [6.45, 7) is 2.70. The Bertz CT molecular complexity index is 938. The van der Waals surface area contributed by atoms with E-state index in [2.05, 4.69) is 4.40 Å². The number of Topliss-reactive ketones (excluding diaryl/α,β-unsaturated/α-hetero) is 1. The van der Waals surface area contributed by atoms with Crippen LogP contribution in [-0.4, -0.2) is 35.1 Å². The number of allylic oxidation sites excluding steroid dienone is 2. The van der Waals surface area contributed by atoms with Gasteiger partial charge in [-0.2, -0.15) is 12.8 Å². The SMILES string of the molecule is CC1=C(Cl)C(=O)C(C)(Cl)C(Cl)/C1=N/S(=O)(=O)c1cccc([N+](=O)[O-])c1. The quantitative estimate of drug-likeness (QED) is 0.419. The van der Waals surface area contributed by atoms with Crippen molar-refractivity contribution in [1.82, 2.24) is 0 Å². The van der Waals surface area contributed by atoms with E-state index in [4.69, 9.17) is 34.8 Å². The highest BCUT2D eigenvalue weighted by atomic mass is 35.5. The topological polar surface area (TPSA) is 107 Å². The van der Waals surface area contributed by atoms with Gasteiger partial charge < -0.3 is 0 Å². The van der Waals surface area contributed by atoms with Crippen LogP contribution in [0.5, 0.6) is 0 Å². The second kappa shape index (κ2) is 6.68. The molecule has 2 atom stereocenters. The number of hydrogen-bond donors (Lipinski definition) is 0. The maximum absolute atomic E-state index is 12.5. The van der Waals surface area contributed by atoms with Crippen molar-refractivity contribution in [2.45, 2.75) is 29.0 Å². The summed E-state index contributed by atoms with van der Waals surface area (Å²) in [6.07, 6.45) is 0. The van der Waals surface area contributed by atoms with E-state index in [-0.39, 0.29) is 16.3 Å². The molecule has 0 saturated heterocycles. The molecule has 0 saturated carbocycles. The van der Waals surface area contributed by atoms with Crippen molar-refractivity contribution in [1.29, 1.82) is 0 Å². The number of non-ortho nitro benzene ring substituents is 1. The molecule has 1 aliphatic rings. The standard InChI is InChI=1S/C14H11Cl3N2O5S/c1-7-10(15)13(20)14(2,17)12(16)11(7)18-25(23,24)9-5-3-4-8(6-9)19(21)22/h3-6,12H,1-2H3/b18-11+. The molecule has 0 spiro atoms. The molecule has 1 aromatic carbocycles. The maximum Gasteiger partial charge on any atom is 0.282 e. The summed E-state index contributed by atoms with van der Waals surface area (Å²) < 4.78 is 28.6. The van der Waals surface area contributed by atoms with E-state index in [0.717, 1.165) is 18.2 Å². The van der Waals surface area contributed by atoms with Gasteiger partial charge in [0.2, 0.25) is 0 Å². The summed E-state index contributed by atoms with van der Waals surface area (Å²) in [7, 11) is -4.34. The summed E-state index contributed by atoms with van der Waals surface area (Å²) in [5.41, 5.74) is -0.510. The smallest absolute Gasteiger partial charge is 0.282 e. The van der Waals surface area contributed by atoms with Gasteiger partial charge in [-0.3, -0.25) is 14.9 Å². The second-order valence-corrected chi connectivity index (χ2v) is 8.62. The number of nitro benzene ring substituents is 1. The molecule has 11 heteroatoms. The number of carbonyl (C=O) groups excluding carboxylic acids is 1. The number of alkyl halides is 2. The lowest BCUT2D eigenvalue weighted by Crippen LogP contribution is -2.48. The van der Waals surface area contributed by atoms with E-state index in [9.17, 15) is 23.3 Å². The molecule has 2 unspecified atom stereocenters. The Morgan fingerprint density at radius 2 is 1.96 bits per heavy atom. The van der Waals surface area contributed by atoms with E-state index in [1.54, 1.807) is 0 Å². The number of hydrogen-bond acceptors (Lipinski definition) is 5. The maximum atomic E-state index is 12.5. The Balaban J connectivity index is 2.63. The minimum Gasteiger partial charge on any atom is -0.291 e. The van der Waals surface area contributed by atoms with Gasteiger partial charge >= 0.3 is 0 Å². The van der Waals surface area contributed by atoms with Gasteiger partial charge in [0.15, 0.2) is 5.78 Å². The number of rotatable bonds is 3. The van der Waals surface area contributed by atoms with Gasteiger partial charge in [-0.1, -0.05) is 17.7 Å². The first-order valence-electron chi connectivity index (χ1n) is 6.73. The van der Waals surface area contributed by atoms with Crippen LogP contribution in [-0.2, 0) is 14.8 Å². The molecule has 0 radical (unpaired) electrons. The third-order valence-corrected chi connectivity index (χ3v) is 6.50. The monoisotopic (exact) mass is 424 g/mol. The summed E-state index contributed by atoms with van der Waals surface area (Å²) in [5.74, 6) is -0.639. The minimum absolute atomic E-state index is 0.0822. The van der Waals surface area contributed by atoms with Gasteiger partial charge in [0.1, 0.15) is 10.3 Å².